The largest absolute Gasteiger partial charge is 0.446 e. The maximum Gasteiger partial charge on any atom is 0.446 e. The highest BCUT2D eigenvalue weighted by molar-refractivity contribution is 9.10. The van der Waals surface area contributed by atoms with E-state index in [1.165, 1.54) is 30.0 Å². The molecule has 28 heavy (non-hydrogen) atoms. The second-order valence-corrected chi connectivity index (χ2v) is 8.25. The van der Waals surface area contributed by atoms with Gasteiger partial charge in [-0.1, -0.05) is 16.9 Å². The van der Waals surface area contributed by atoms with E-state index < -0.39 is 17.4 Å². The van der Waals surface area contributed by atoms with E-state index in [1.54, 1.807) is 0 Å². The van der Waals surface area contributed by atoms with Crippen molar-refractivity contribution in [3.05, 3.63) is 39.0 Å². The molecule has 1 aliphatic rings. The van der Waals surface area contributed by atoms with Gasteiger partial charge in [-0.3, -0.25) is 4.52 Å². The Morgan fingerprint density at radius 1 is 1.36 bits per heavy atom. The van der Waals surface area contributed by atoms with Gasteiger partial charge in [-0.2, -0.15) is 0 Å². The van der Waals surface area contributed by atoms with Crippen LogP contribution in [-0.2, 0) is 9.47 Å². The van der Waals surface area contributed by atoms with Crippen LogP contribution in [0.4, 0.5) is 4.39 Å². The minimum atomic E-state index is -0.748. The summed E-state index contributed by atoms with van der Waals surface area (Å²) < 4.78 is 35.8. The molecule has 9 nitrogen and oxygen atoms in total. The maximum absolute atomic E-state index is 13.5. The lowest BCUT2D eigenvalue weighted by atomic mass is 10.3. The lowest BCUT2D eigenvalue weighted by Gasteiger charge is -2.16. The van der Waals surface area contributed by atoms with Crippen molar-refractivity contribution in [3.8, 4) is 17.2 Å². The van der Waals surface area contributed by atoms with Crippen molar-refractivity contribution in [2.24, 2.45) is 0 Å². The van der Waals surface area contributed by atoms with Gasteiger partial charge < -0.3 is 9.47 Å². The Bertz CT molecular complexity index is 1070. The number of aromatic nitrogens is 4. The molecule has 1 atom stereocenters. The van der Waals surface area contributed by atoms with Crippen molar-refractivity contribution in [1.29, 1.82) is 0 Å². The zero-order valence-corrected chi connectivity index (χ0v) is 17.1. The zero-order chi connectivity index (χ0) is 19.9. The van der Waals surface area contributed by atoms with E-state index in [-0.39, 0.29) is 22.1 Å². The fourth-order valence-corrected chi connectivity index (χ4v) is 3.91. The summed E-state index contributed by atoms with van der Waals surface area (Å²) in [6.07, 6.45) is -0.128. The third-order valence-corrected chi connectivity index (χ3v) is 5.60. The Kier molecular flexibility index (Phi) is 5.12. The molecule has 3 aromatic rings. The van der Waals surface area contributed by atoms with Gasteiger partial charge >= 0.3 is 5.76 Å². The number of rotatable bonds is 5. The molecule has 0 saturated carbocycles. The molecule has 0 unspecified atom stereocenters. The van der Waals surface area contributed by atoms with Gasteiger partial charge in [-0.05, 0) is 58.3 Å². The molecule has 1 saturated heterocycles. The van der Waals surface area contributed by atoms with Gasteiger partial charge in [0.2, 0.25) is 5.82 Å². The molecule has 0 N–H and O–H groups in total. The Balaban J connectivity index is 1.62. The summed E-state index contributed by atoms with van der Waals surface area (Å²) in [4.78, 5) is 12.2. The van der Waals surface area contributed by atoms with Gasteiger partial charge in [0.05, 0.1) is 22.9 Å². The van der Waals surface area contributed by atoms with Gasteiger partial charge in [0, 0.05) is 5.75 Å². The molecule has 2 aromatic heterocycles. The first-order valence-electron chi connectivity index (χ1n) is 8.16. The van der Waals surface area contributed by atoms with Crippen LogP contribution in [0.15, 0.2) is 41.6 Å². The van der Waals surface area contributed by atoms with Crippen LogP contribution in [0.5, 0.6) is 0 Å². The van der Waals surface area contributed by atoms with Gasteiger partial charge in [0.15, 0.2) is 16.5 Å². The molecule has 0 radical (unpaired) electrons. The molecule has 0 bridgehead atoms. The second kappa shape index (κ2) is 7.43. The van der Waals surface area contributed by atoms with Crippen molar-refractivity contribution < 1.29 is 23.0 Å². The molecule has 1 fully saturated rings. The predicted molar refractivity (Wildman–Crippen MR) is 98.7 cm³/mol. The van der Waals surface area contributed by atoms with E-state index in [1.807, 2.05) is 13.8 Å². The first kappa shape index (κ1) is 19.3. The van der Waals surface area contributed by atoms with Crippen molar-refractivity contribution in [3.63, 3.8) is 0 Å². The van der Waals surface area contributed by atoms with E-state index in [0.717, 1.165) is 4.57 Å². The summed E-state index contributed by atoms with van der Waals surface area (Å²) in [6, 6.07) is 4.08. The molecular formula is C16H14BrFN4O5S. The Morgan fingerprint density at radius 2 is 2.18 bits per heavy atom. The smallest absolute Gasteiger partial charge is 0.348 e. The molecule has 0 aliphatic carbocycles. The number of ether oxygens (including phenoxy) is 2. The van der Waals surface area contributed by atoms with Crippen LogP contribution in [0.25, 0.3) is 17.2 Å². The number of hydrogen-bond donors (Lipinski definition) is 0. The van der Waals surface area contributed by atoms with Crippen molar-refractivity contribution in [2.45, 2.75) is 30.8 Å². The van der Waals surface area contributed by atoms with Gasteiger partial charge in [-0.15, -0.1) is 0 Å². The fraction of sp³-hybridized carbons (Fsp3) is 0.375. The number of thioether (sulfide) groups is 1. The molecule has 0 amide bonds. The highest BCUT2D eigenvalue weighted by Crippen LogP contribution is 2.32. The topological polar surface area (TPSA) is 105 Å². The van der Waals surface area contributed by atoms with Crippen LogP contribution in [-0.4, -0.2) is 44.3 Å². The first-order chi connectivity index (χ1) is 13.3. The van der Waals surface area contributed by atoms with E-state index in [0.29, 0.717) is 23.1 Å². The third-order valence-electron chi connectivity index (χ3n) is 3.91. The van der Waals surface area contributed by atoms with Crippen molar-refractivity contribution >= 4 is 27.7 Å². The van der Waals surface area contributed by atoms with Gasteiger partial charge in [0.25, 0.3) is 0 Å². The van der Waals surface area contributed by atoms with Crippen LogP contribution < -0.4 is 5.76 Å². The van der Waals surface area contributed by atoms with Crippen molar-refractivity contribution in [1.82, 2.24) is 20.0 Å². The summed E-state index contributed by atoms with van der Waals surface area (Å²) in [5.74, 6) is -1.21. The lowest BCUT2D eigenvalue weighted by molar-refractivity contribution is -0.135. The average Bonchev–Trinajstić information content (AvgIpc) is 3.34. The highest BCUT2D eigenvalue weighted by Gasteiger charge is 2.33. The number of nitrogens with zero attached hydrogens (tertiary/aromatic N) is 4. The standard InChI is InChI=1S/C16H14BrFN4O5S/c1-16(2)24-6-9(25-16)7-28-14-12(19-27-21-14)13-20-26-15(23)22(13)8-3-4-11(18)10(17)5-8/h3-5,9H,6-7H2,1-2H3/t9-/m1/s1. The zero-order valence-electron chi connectivity index (χ0n) is 14.7. The van der Waals surface area contributed by atoms with Gasteiger partial charge in [-0.25, -0.2) is 18.4 Å². The van der Waals surface area contributed by atoms with E-state index in [9.17, 15) is 9.18 Å². The normalized spacial score (nSPS) is 18.6. The molecule has 4 rings (SSSR count). The summed E-state index contributed by atoms with van der Waals surface area (Å²) in [7, 11) is 0. The van der Waals surface area contributed by atoms with E-state index >= 15 is 0 Å². The van der Waals surface area contributed by atoms with Crippen molar-refractivity contribution in [2.75, 3.05) is 12.4 Å². The second-order valence-electron chi connectivity index (χ2n) is 6.39. The SMILES string of the molecule is CC1(C)OC[C@H](CSc2nonc2-c2noc(=O)n2-c2ccc(F)c(Br)c2)O1. The quantitative estimate of drug-likeness (QED) is 0.517. The summed E-state index contributed by atoms with van der Waals surface area (Å²) in [5.41, 5.74) is 0.581. The van der Waals surface area contributed by atoms with Crippen LogP contribution in [0.1, 0.15) is 13.8 Å². The lowest BCUT2D eigenvalue weighted by Crippen LogP contribution is -2.22. The molecule has 1 aromatic carbocycles. The third kappa shape index (κ3) is 3.77. The first-order valence-corrected chi connectivity index (χ1v) is 9.93. The molecule has 3 heterocycles. The predicted octanol–water partition coefficient (Wildman–Crippen LogP) is 3.02. The molecule has 148 valence electrons. The minimum absolute atomic E-state index is 0.0937. The average molecular weight is 473 g/mol. The fourth-order valence-electron chi connectivity index (χ4n) is 2.68. The minimum Gasteiger partial charge on any atom is -0.348 e. The summed E-state index contributed by atoms with van der Waals surface area (Å²) in [6.45, 7) is 4.14. The highest BCUT2D eigenvalue weighted by atomic mass is 79.9. The Hall–Kier alpha value is -2.02. The Labute approximate surface area is 170 Å². The molecule has 1 aliphatic heterocycles. The molecule has 12 heteroatoms. The molecular weight excluding hydrogens is 459 g/mol. The number of halogens is 2. The van der Waals surface area contributed by atoms with Crippen LogP contribution in [0.2, 0.25) is 0 Å². The maximum atomic E-state index is 13.5. The monoisotopic (exact) mass is 472 g/mol. The van der Waals surface area contributed by atoms with Crippen LogP contribution >= 0.6 is 27.7 Å². The van der Waals surface area contributed by atoms with Crippen LogP contribution in [0, 0.1) is 5.82 Å². The van der Waals surface area contributed by atoms with E-state index in [2.05, 4.69) is 31.4 Å². The number of benzene rings is 1. The van der Waals surface area contributed by atoms with E-state index in [4.69, 9.17) is 18.6 Å². The molecule has 0 spiro atoms. The Morgan fingerprint density at radius 3 is 2.89 bits per heavy atom. The summed E-state index contributed by atoms with van der Waals surface area (Å²) in [5, 5.41) is 11.9. The van der Waals surface area contributed by atoms with Crippen LogP contribution in [0.3, 0.4) is 0 Å². The number of hydrogen-bond acceptors (Lipinski definition) is 9. The summed E-state index contributed by atoms with van der Waals surface area (Å²) >= 11 is 4.42. The van der Waals surface area contributed by atoms with Gasteiger partial charge in [0.1, 0.15) is 5.82 Å².